The van der Waals surface area contributed by atoms with Crippen molar-refractivity contribution in [1.82, 2.24) is 20.4 Å². The van der Waals surface area contributed by atoms with Crippen LogP contribution in [0.15, 0.2) is 30.3 Å². The summed E-state index contributed by atoms with van der Waals surface area (Å²) >= 11 is 1.44. The summed E-state index contributed by atoms with van der Waals surface area (Å²) in [5.74, 6) is -0.705. The van der Waals surface area contributed by atoms with Gasteiger partial charge in [0.25, 0.3) is 0 Å². The molecule has 7 nitrogen and oxygen atoms in total. The van der Waals surface area contributed by atoms with Crippen LogP contribution in [0.25, 0.3) is 10.6 Å². The molecule has 1 aliphatic carbocycles. The number of nitrogens with zero attached hydrogens (tertiary/aromatic N) is 3. The van der Waals surface area contributed by atoms with Gasteiger partial charge in [-0.1, -0.05) is 48.1 Å². The van der Waals surface area contributed by atoms with Crippen molar-refractivity contribution in [2.75, 3.05) is 13.1 Å². The quantitative estimate of drug-likeness (QED) is 0.860. The number of hydrogen-bond acceptors (Lipinski definition) is 5. The van der Waals surface area contributed by atoms with E-state index in [0.717, 1.165) is 28.4 Å². The van der Waals surface area contributed by atoms with Gasteiger partial charge in [-0.2, -0.15) is 0 Å². The summed E-state index contributed by atoms with van der Waals surface area (Å²) < 4.78 is 0. The zero-order valence-electron chi connectivity index (χ0n) is 14.2. The van der Waals surface area contributed by atoms with Crippen LogP contribution in [0.5, 0.6) is 0 Å². The third-order valence-corrected chi connectivity index (χ3v) is 6.43. The Balaban J connectivity index is 1.37. The molecule has 2 atom stereocenters. The second-order valence-electron chi connectivity index (χ2n) is 6.96. The first kappa shape index (κ1) is 17.0. The molecule has 136 valence electrons. The molecule has 2 aromatic rings. The average molecular weight is 372 g/mol. The predicted octanol–water partition coefficient (Wildman–Crippen LogP) is 2.60. The van der Waals surface area contributed by atoms with Gasteiger partial charge in [-0.05, 0) is 18.8 Å². The van der Waals surface area contributed by atoms with Gasteiger partial charge in [0, 0.05) is 18.7 Å². The monoisotopic (exact) mass is 372 g/mol. The highest BCUT2D eigenvalue weighted by Gasteiger charge is 2.55. The van der Waals surface area contributed by atoms with Crippen molar-refractivity contribution in [3.8, 4) is 10.6 Å². The highest BCUT2D eigenvalue weighted by Crippen LogP contribution is 2.48. The van der Waals surface area contributed by atoms with Crippen LogP contribution in [0.3, 0.4) is 0 Å². The summed E-state index contributed by atoms with van der Waals surface area (Å²) in [7, 11) is 0. The third kappa shape index (κ3) is 2.94. The number of nitrogens with one attached hydrogen (secondary N) is 1. The fourth-order valence-electron chi connectivity index (χ4n) is 4.08. The van der Waals surface area contributed by atoms with Gasteiger partial charge in [0.1, 0.15) is 10.0 Å². The van der Waals surface area contributed by atoms with Crippen molar-refractivity contribution < 1.29 is 14.7 Å². The summed E-state index contributed by atoms with van der Waals surface area (Å²) in [5.41, 5.74) is 0.249. The van der Waals surface area contributed by atoms with Gasteiger partial charge in [0.2, 0.25) is 0 Å². The van der Waals surface area contributed by atoms with E-state index < -0.39 is 11.4 Å². The molecule has 1 aromatic heterocycles. The van der Waals surface area contributed by atoms with E-state index in [1.165, 1.54) is 11.3 Å². The lowest BCUT2D eigenvalue weighted by Gasteiger charge is -2.23. The molecule has 2 heterocycles. The number of fused-ring (bicyclic) bond motifs is 1. The number of hydrogen-bond donors (Lipinski definition) is 2. The van der Waals surface area contributed by atoms with E-state index >= 15 is 0 Å². The highest BCUT2D eigenvalue weighted by molar-refractivity contribution is 7.14. The van der Waals surface area contributed by atoms with Gasteiger partial charge < -0.3 is 15.3 Å². The molecule has 1 aliphatic heterocycles. The molecule has 2 fully saturated rings. The van der Waals surface area contributed by atoms with Crippen LogP contribution in [0.2, 0.25) is 0 Å². The summed E-state index contributed by atoms with van der Waals surface area (Å²) in [6, 6.07) is 9.55. The van der Waals surface area contributed by atoms with Crippen molar-refractivity contribution in [3.05, 3.63) is 35.3 Å². The topological polar surface area (TPSA) is 95.4 Å². The van der Waals surface area contributed by atoms with Crippen LogP contribution >= 0.6 is 11.3 Å². The minimum Gasteiger partial charge on any atom is -0.481 e. The molecule has 26 heavy (non-hydrogen) atoms. The first-order valence-corrected chi connectivity index (χ1v) is 9.54. The molecule has 4 rings (SSSR count). The van der Waals surface area contributed by atoms with E-state index in [1.807, 2.05) is 30.3 Å². The zero-order chi connectivity index (χ0) is 18.1. The minimum absolute atomic E-state index is 0.0666. The Hall–Kier alpha value is -2.48. The number of amides is 2. The van der Waals surface area contributed by atoms with Gasteiger partial charge in [-0.25, -0.2) is 4.79 Å². The van der Waals surface area contributed by atoms with Crippen molar-refractivity contribution >= 4 is 23.3 Å². The molecule has 8 heteroatoms. The lowest BCUT2D eigenvalue weighted by atomic mass is 9.81. The normalized spacial score (nSPS) is 24.5. The van der Waals surface area contributed by atoms with Crippen LogP contribution in [0.1, 0.15) is 24.3 Å². The lowest BCUT2D eigenvalue weighted by Crippen LogP contribution is -2.41. The van der Waals surface area contributed by atoms with E-state index in [-0.39, 0.29) is 11.9 Å². The predicted molar refractivity (Wildman–Crippen MR) is 96.6 cm³/mol. The second-order valence-corrected chi connectivity index (χ2v) is 8.02. The largest absolute Gasteiger partial charge is 0.481 e. The molecule has 1 saturated heterocycles. The number of aromatic nitrogens is 2. The Labute approximate surface area is 155 Å². The van der Waals surface area contributed by atoms with E-state index in [0.29, 0.717) is 26.1 Å². The smallest absolute Gasteiger partial charge is 0.317 e. The van der Waals surface area contributed by atoms with E-state index in [9.17, 15) is 14.7 Å². The first-order valence-electron chi connectivity index (χ1n) is 8.72. The number of rotatable bonds is 4. The number of carbonyl (C=O) groups is 2. The van der Waals surface area contributed by atoms with Crippen molar-refractivity contribution in [2.45, 2.75) is 25.8 Å². The van der Waals surface area contributed by atoms with Crippen molar-refractivity contribution in [3.63, 3.8) is 0 Å². The average Bonchev–Trinajstić information content (AvgIpc) is 3.34. The SMILES string of the molecule is O=C(NCc1nnc(-c2ccccc2)s1)N1C[C@@H]2CCC[C@@]2(C(=O)O)C1. The maximum absolute atomic E-state index is 12.5. The highest BCUT2D eigenvalue weighted by atomic mass is 32.1. The molecule has 2 amide bonds. The number of carbonyl (C=O) groups excluding carboxylic acids is 1. The standard InChI is InChI=1S/C18H20N4O3S/c23-16(24)18-8-4-7-13(18)10-22(11-18)17(25)19-9-14-20-21-15(26-14)12-5-2-1-3-6-12/h1-3,5-6,13H,4,7-11H2,(H,19,25)(H,23,24)/t13-,18+/m0/s1. The second kappa shape index (κ2) is 6.68. The van der Waals surface area contributed by atoms with E-state index in [2.05, 4.69) is 15.5 Å². The van der Waals surface area contributed by atoms with Crippen LogP contribution in [-0.4, -0.2) is 45.3 Å². The van der Waals surface area contributed by atoms with Gasteiger partial charge in [0.15, 0.2) is 0 Å². The first-order chi connectivity index (χ1) is 12.6. The zero-order valence-corrected chi connectivity index (χ0v) is 15.0. The molecular weight excluding hydrogens is 352 g/mol. The van der Waals surface area contributed by atoms with Crippen LogP contribution in [0.4, 0.5) is 4.79 Å². The maximum atomic E-state index is 12.5. The number of benzene rings is 1. The Morgan fingerprint density at radius 1 is 1.31 bits per heavy atom. The Morgan fingerprint density at radius 3 is 2.85 bits per heavy atom. The Morgan fingerprint density at radius 2 is 2.12 bits per heavy atom. The number of likely N-dealkylation sites (tertiary alicyclic amines) is 1. The number of carboxylic acid groups (broad SMARTS) is 1. The lowest BCUT2D eigenvalue weighted by molar-refractivity contribution is -0.149. The molecule has 0 spiro atoms. The maximum Gasteiger partial charge on any atom is 0.317 e. The number of carboxylic acids is 1. The molecule has 1 aromatic carbocycles. The Bertz CT molecular complexity index is 825. The van der Waals surface area contributed by atoms with Crippen molar-refractivity contribution in [2.24, 2.45) is 11.3 Å². The van der Waals surface area contributed by atoms with Gasteiger partial charge in [-0.15, -0.1) is 10.2 Å². The Kier molecular flexibility index (Phi) is 4.36. The van der Waals surface area contributed by atoms with E-state index in [1.54, 1.807) is 4.90 Å². The number of urea groups is 1. The van der Waals surface area contributed by atoms with Gasteiger partial charge in [0.05, 0.1) is 12.0 Å². The minimum atomic E-state index is -0.771. The summed E-state index contributed by atoms with van der Waals surface area (Å²) in [6.45, 7) is 1.11. The van der Waals surface area contributed by atoms with Gasteiger partial charge in [-0.3, -0.25) is 4.79 Å². The molecule has 0 radical (unpaired) electrons. The molecule has 0 unspecified atom stereocenters. The third-order valence-electron chi connectivity index (χ3n) is 5.46. The molecule has 0 bridgehead atoms. The van der Waals surface area contributed by atoms with Gasteiger partial charge >= 0.3 is 12.0 Å². The van der Waals surface area contributed by atoms with Crippen LogP contribution in [0, 0.1) is 11.3 Å². The molecule has 1 saturated carbocycles. The number of aliphatic carboxylic acids is 1. The fourth-order valence-corrected chi connectivity index (χ4v) is 4.86. The van der Waals surface area contributed by atoms with Crippen LogP contribution < -0.4 is 5.32 Å². The molecule has 2 N–H and O–H groups in total. The summed E-state index contributed by atoms with van der Waals surface area (Å²) in [6.07, 6.45) is 2.47. The molecule has 2 aliphatic rings. The molecular formula is C18H20N4O3S. The van der Waals surface area contributed by atoms with Crippen molar-refractivity contribution in [1.29, 1.82) is 0 Å². The summed E-state index contributed by atoms with van der Waals surface area (Å²) in [5, 5.41) is 22.3. The fraction of sp³-hybridized carbons (Fsp3) is 0.444. The van der Waals surface area contributed by atoms with Crippen LogP contribution in [-0.2, 0) is 11.3 Å². The summed E-state index contributed by atoms with van der Waals surface area (Å²) in [4.78, 5) is 25.8. The van der Waals surface area contributed by atoms with E-state index in [4.69, 9.17) is 0 Å².